The third-order valence-electron chi connectivity index (χ3n) is 9.33. The molecule has 2 aliphatic rings. The van der Waals surface area contributed by atoms with Crippen molar-refractivity contribution in [2.24, 2.45) is 0 Å². The molecular weight excluding hydrogens is 637 g/mol. The summed E-state index contributed by atoms with van der Waals surface area (Å²) in [5.41, 5.74) is 3.04. The largest absolute Gasteiger partial charge is 0.378 e. The van der Waals surface area contributed by atoms with Crippen LogP contribution in [0.1, 0.15) is 12.2 Å². The summed E-state index contributed by atoms with van der Waals surface area (Å²) >= 11 is 0. The third kappa shape index (κ3) is 5.30. The van der Waals surface area contributed by atoms with Gasteiger partial charge >= 0.3 is 0 Å². The molecule has 2 aliphatic heterocycles. The second-order valence-corrected chi connectivity index (χ2v) is 12.4. The summed E-state index contributed by atoms with van der Waals surface area (Å²) in [6, 6.07) is 8.95. The van der Waals surface area contributed by atoms with Gasteiger partial charge in [0.05, 0.1) is 35.3 Å². The van der Waals surface area contributed by atoms with E-state index in [1.807, 2.05) is 28.5 Å². The van der Waals surface area contributed by atoms with Crippen molar-refractivity contribution in [3.63, 3.8) is 0 Å². The number of pyridine rings is 1. The minimum Gasteiger partial charge on any atom is -0.378 e. The monoisotopic (exact) mass is 668 g/mol. The van der Waals surface area contributed by atoms with Crippen LogP contribution in [0.4, 0.5) is 24.8 Å². The summed E-state index contributed by atoms with van der Waals surface area (Å²) in [6.07, 6.45) is 4.51. The summed E-state index contributed by atoms with van der Waals surface area (Å²) in [5.74, 6) is -0.363. The average Bonchev–Trinajstić information content (AvgIpc) is 3.78. The van der Waals surface area contributed by atoms with Crippen LogP contribution >= 0.6 is 0 Å². The lowest BCUT2D eigenvalue weighted by Crippen LogP contribution is -2.47. The van der Waals surface area contributed by atoms with Crippen LogP contribution in [0.2, 0.25) is 0 Å². The number of amides is 1. The molecule has 49 heavy (non-hydrogen) atoms. The zero-order valence-corrected chi connectivity index (χ0v) is 26.8. The van der Waals surface area contributed by atoms with Crippen molar-refractivity contribution in [1.29, 1.82) is 0 Å². The molecule has 1 unspecified atom stereocenters. The molecule has 12 nitrogen and oxygen atoms in total. The second-order valence-electron chi connectivity index (χ2n) is 12.4. The number of benzene rings is 2. The molecule has 15 heteroatoms. The Hall–Kier alpha value is -5.57. The number of methoxy groups -OCH3 is 1. The quantitative estimate of drug-likeness (QED) is 0.291. The molecule has 4 bridgehead atoms. The van der Waals surface area contributed by atoms with E-state index in [-0.39, 0.29) is 24.2 Å². The highest BCUT2D eigenvalue weighted by molar-refractivity contribution is 5.94. The number of nitrogens with one attached hydrogen (secondary N) is 1. The van der Waals surface area contributed by atoms with Crippen molar-refractivity contribution < 1.29 is 22.7 Å². The third-order valence-corrected chi connectivity index (χ3v) is 9.33. The van der Waals surface area contributed by atoms with E-state index in [2.05, 4.69) is 30.4 Å². The molecule has 3 atom stereocenters. The van der Waals surface area contributed by atoms with Crippen LogP contribution in [-0.4, -0.2) is 90.5 Å². The van der Waals surface area contributed by atoms with E-state index in [1.54, 1.807) is 25.3 Å². The minimum atomic E-state index is -0.794. The van der Waals surface area contributed by atoms with Gasteiger partial charge in [-0.15, -0.1) is 0 Å². The molecule has 2 aromatic carbocycles. The molecule has 6 heterocycles. The number of fused-ring (bicyclic) bond motifs is 6. The first-order valence-corrected chi connectivity index (χ1v) is 15.8. The van der Waals surface area contributed by atoms with Crippen LogP contribution in [0.15, 0.2) is 61.2 Å². The van der Waals surface area contributed by atoms with Crippen molar-refractivity contribution in [2.75, 3.05) is 37.5 Å². The van der Waals surface area contributed by atoms with E-state index in [9.17, 15) is 18.0 Å². The van der Waals surface area contributed by atoms with Crippen molar-refractivity contribution in [2.45, 2.75) is 38.1 Å². The summed E-state index contributed by atoms with van der Waals surface area (Å²) in [4.78, 5) is 36.0. The van der Waals surface area contributed by atoms with E-state index in [0.29, 0.717) is 59.1 Å². The molecule has 1 saturated heterocycles. The lowest BCUT2D eigenvalue weighted by Gasteiger charge is -2.30. The van der Waals surface area contributed by atoms with E-state index in [1.165, 1.54) is 35.4 Å². The maximum absolute atomic E-state index is 14.9. The normalized spacial score (nSPS) is 19.7. The Morgan fingerprint density at radius 2 is 1.84 bits per heavy atom. The fourth-order valence-corrected chi connectivity index (χ4v) is 7.04. The van der Waals surface area contributed by atoms with E-state index >= 15 is 0 Å². The van der Waals surface area contributed by atoms with Crippen LogP contribution in [0.5, 0.6) is 0 Å². The number of aromatic nitrogens is 7. The number of ether oxygens (including phenoxy) is 1. The Labute approximate surface area is 278 Å². The summed E-state index contributed by atoms with van der Waals surface area (Å²) in [5, 5.41) is 8.35. The molecule has 250 valence electrons. The van der Waals surface area contributed by atoms with Crippen LogP contribution in [-0.2, 0) is 16.1 Å². The van der Waals surface area contributed by atoms with Gasteiger partial charge in [-0.25, -0.2) is 37.8 Å². The molecule has 1 fully saturated rings. The number of aryl methyl sites for hydroxylation is 1. The molecule has 0 aliphatic carbocycles. The number of likely N-dealkylation sites (N-methyl/N-ethyl adjacent to an activating group) is 1. The lowest BCUT2D eigenvalue weighted by atomic mass is 10.0. The zero-order chi connectivity index (χ0) is 34.0. The number of carbonyl (C=O) groups is 1. The Balaban J connectivity index is 1.22. The fourth-order valence-electron chi connectivity index (χ4n) is 7.04. The van der Waals surface area contributed by atoms with Gasteiger partial charge in [-0.05, 0) is 49.2 Å². The number of nitrogens with zero attached hydrogens (tertiary/aromatic N) is 9. The topological polar surface area (TPSA) is 119 Å². The summed E-state index contributed by atoms with van der Waals surface area (Å²) in [6.45, 7) is 2.86. The second kappa shape index (κ2) is 11.8. The van der Waals surface area contributed by atoms with Gasteiger partial charge in [0.2, 0.25) is 5.91 Å². The Morgan fingerprint density at radius 1 is 0.980 bits per heavy atom. The number of anilines is 2. The fraction of sp³-hybridized carbons (Fsp3) is 0.294. The van der Waals surface area contributed by atoms with Crippen LogP contribution in [0.25, 0.3) is 38.9 Å². The predicted octanol–water partition coefficient (Wildman–Crippen LogP) is 4.50. The summed E-state index contributed by atoms with van der Waals surface area (Å²) in [7, 11) is 3.34. The Bertz CT molecular complexity index is 2260. The molecule has 1 N–H and O–H groups in total. The van der Waals surface area contributed by atoms with Gasteiger partial charge in [0.15, 0.2) is 11.5 Å². The summed E-state index contributed by atoms with van der Waals surface area (Å²) < 4.78 is 52.6. The molecule has 8 rings (SSSR count). The first-order chi connectivity index (χ1) is 23.7. The SMILES string of the molecule is COC1CN(C)C(=O)[C@@H]2C[C@@H](CN2c2ncnc3c2cnn3-c2ccc(F)cc2F)Nc2cc(ccn2)-c2cc(F)cc3nc(C)n(c23)C1. The number of hydrogen-bond acceptors (Lipinski definition) is 9. The van der Waals surface area contributed by atoms with Crippen LogP contribution < -0.4 is 10.2 Å². The van der Waals surface area contributed by atoms with Crippen LogP contribution in [0, 0.1) is 24.4 Å². The van der Waals surface area contributed by atoms with Crippen molar-refractivity contribution >= 4 is 39.6 Å². The van der Waals surface area contributed by atoms with Crippen molar-refractivity contribution in [1.82, 2.24) is 39.2 Å². The lowest BCUT2D eigenvalue weighted by molar-refractivity contribution is -0.132. The maximum atomic E-state index is 14.9. The standard InChI is InChI=1S/C34H31F3N10O2/c1-18-42-27-11-21(36)9-24-19-6-7-38-30(8-19)43-22-12-29(34(48)44(2)15-23(49-3)16-45(18)31(24)27)46(14-22)32-25-13-41-47(33(25)40-17-39-32)28-5-4-20(35)10-26(28)37/h4-11,13,17,22-23,29H,12,14-16H2,1-3H3,(H,38,43)/t22-,23?,29-/m0/s1. The molecule has 0 spiro atoms. The number of halogens is 3. The molecule has 1 amide bonds. The first-order valence-electron chi connectivity index (χ1n) is 15.8. The van der Waals surface area contributed by atoms with E-state index in [4.69, 9.17) is 4.74 Å². The van der Waals surface area contributed by atoms with E-state index in [0.717, 1.165) is 23.2 Å². The minimum absolute atomic E-state index is 0.0271. The van der Waals surface area contributed by atoms with Crippen LogP contribution in [0.3, 0.4) is 0 Å². The first kappa shape index (κ1) is 30.7. The number of imidazole rings is 1. The Morgan fingerprint density at radius 3 is 2.65 bits per heavy atom. The number of rotatable bonds is 3. The van der Waals surface area contributed by atoms with Gasteiger partial charge < -0.3 is 24.4 Å². The number of hydrogen-bond donors (Lipinski definition) is 1. The van der Waals surface area contributed by atoms with Gasteiger partial charge in [0.1, 0.15) is 47.2 Å². The Kier molecular flexibility index (Phi) is 7.43. The van der Waals surface area contributed by atoms with Gasteiger partial charge in [-0.1, -0.05) is 0 Å². The number of carbonyl (C=O) groups excluding carboxylic acids is 1. The van der Waals surface area contributed by atoms with Crippen molar-refractivity contribution in [3.05, 3.63) is 84.5 Å². The highest BCUT2D eigenvalue weighted by Gasteiger charge is 2.41. The highest BCUT2D eigenvalue weighted by atomic mass is 19.1. The molecule has 4 aromatic heterocycles. The highest BCUT2D eigenvalue weighted by Crippen LogP contribution is 2.35. The van der Waals surface area contributed by atoms with Gasteiger partial charge in [0, 0.05) is 57.2 Å². The molecule has 6 aromatic rings. The average molecular weight is 669 g/mol. The maximum Gasteiger partial charge on any atom is 0.245 e. The smallest absolute Gasteiger partial charge is 0.245 e. The molecule has 0 radical (unpaired) electrons. The van der Waals surface area contributed by atoms with Gasteiger partial charge in [0.25, 0.3) is 0 Å². The predicted molar refractivity (Wildman–Crippen MR) is 176 cm³/mol. The van der Waals surface area contributed by atoms with Gasteiger partial charge in [-0.2, -0.15) is 5.10 Å². The molecular formula is C34H31F3N10O2. The van der Waals surface area contributed by atoms with Gasteiger partial charge in [-0.3, -0.25) is 4.79 Å². The molecule has 0 saturated carbocycles. The van der Waals surface area contributed by atoms with E-state index < -0.39 is 29.6 Å². The zero-order valence-electron chi connectivity index (χ0n) is 26.8. The van der Waals surface area contributed by atoms with Crippen molar-refractivity contribution in [3.8, 4) is 16.8 Å².